The number of aromatic nitrogens is 3. The normalized spacial score (nSPS) is 17.9. The van der Waals surface area contributed by atoms with Gasteiger partial charge in [-0.15, -0.1) is 0 Å². The number of nitrogens with zero attached hydrogens (tertiary/aromatic N) is 5. The number of hydrogen-bond acceptors (Lipinski definition) is 4. The van der Waals surface area contributed by atoms with Crippen LogP contribution in [0.15, 0.2) is 128 Å². The van der Waals surface area contributed by atoms with Crippen molar-refractivity contribution in [2.24, 2.45) is 5.41 Å². The Labute approximate surface area is 276 Å². The first-order chi connectivity index (χ1) is 23.4. The smallest absolute Gasteiger partial charge is 0.407 e. The molecule has 2 amide bonds. The van der Waals surface area contributed by atoms with Crippen LogP contribution >= 0.6 is 0 Å². The van der Waals surface area contributed by atoms with Gasteiger partial charge in [-0.05, 0) is 59.9 Å². The van der Waals surface area contributed by atoms with Crippen molar-refractivity contribution in [3.63, 3.8) is 0 Å². The molecular formula is C39H32FN5O3. The van der Waals surface area contributed by atoms with Crippen molar-refractivity contribution in [3.05, 3.63) is 150 Å². The molecule has 0 bridgehead atoms. The summed E-state index contributed by atoms with van der Waals surface area (Å²) in [7, 11) is 0. The van der Waals surface area contributed by atoms with Crippen LogP contribution in [0.25, 0.3) is 22.3 Å². The van der Waals surface area contributed by atoms with Gasteiger partial charge in [0.25, 0.3) is 0 Å². The van der Waals surface area contributed by atoms with E-state index in [0.29, 0.717) is 43.0 Å². The van der Waals surface area contributed by atoms with Gasteiger partial charge in [0.2, 0.25) is 5.91 Å². The first-order valence-electron chi connectivity index (χ1n) is 16.0. The number of fused-ring (bicyclic) bond motifs is 1. The molecule has 4 heterocycles. The molecular weight excluding hydrogens is 605 g/mol. The van der Waals surface area contributed by atoms with Crippen LogP contribution in [0, 0.1) is 11.2 Å². The minimum atomic E-state index is -0.998. The third-order valence-corrected chi connectivity index (χ3v) is 9.97. The topological polar surface area (TPSA) is 91.6 Å². The number of carbonyl (C=O) groups excluding carboxylic acids is 1. The van der Waals surface area contributed by atoms with E-state index in [1.54, 1.807) is 11.0 Å². The van der Waals surface area contributed by atoms with Gasteiger partial charge in [0, 0.05) is 30.7 Å². The highest BCUT2D eigenvalue weighted by molar-refractivity contribution is 6.03. The largest absolute Gasteiger partial charge is 0.465 e. The van der Waals surface area contributed by atoms with E-state index in [2.05, 4.69) is 41.4 Å². The Morgan fingerprint density at radius 1 is 0.792 bits per heavy atom. The molecule has 1 atom stereocenters. The van der Waals surface area contributed by atoms with Crippen molar-refractivity contribution in [1.82, 2.24) is 19.7 Å². The molecule has 4 aromatic carbocycles. The number of amides is 2. The lowest BCUT2D eigenvalue weighted by Crippen LogP contribution is -2.38. The van der Waals surface area contributed by atoms with Crippen LogP contribution < -0.4 is 4.90 Å². The Balaban J connectivity index is 1.37. The summed E-state index contributed by atoms with van der Waals surface area (Å²) in [6.07, 6.45) is 1.28. The van der Waals surface area contributed by atoms with Gasteiger partial charge in [-0.25, -0.2) is 13.9 Å². The van der Waals surface area contributed by atoms with Gasteiger partial charge in [-0.3, -0.25) is 9.78 Å². The van der Waals surface area contributed by atoms with E-state index in [-0.39, 0.29) is 12.5 Å². The van der Waals surface area contributed by atoms with Gasteiger partial charge < -0.3 is 14.9 Å². The molecule has 2 aliphatic rings. The number of pyridine rings is 1. The number of benzene rings is 4. The fourth-order valence-electron chi connectivity index (χ4n) is 7.62. The first kappa shape index (κ1) is 29.6. The molecule has 238 valence electrons. The number of halogens is 1. The summed E-state index contributed by atoms with van der Waals surface area (Å²) in [5.41, 5.74) is 3.90. The number of anilines is 1. The SMILES string of the molecule is O=C(O)N1CCC2(CCN(c3ccc4c(c3)c(-c3ccc(F)cn3)nn4C(c3ccccc3)(c3ccccc3)c3ccccc3)C2=O)C1. The van der Waals surface area contributed by atoms with Gasteiger partial charge in [0.1, 0.15) is 17.1 Å². The van der Waals surface area contributed by atoms with E-state index in [1.807, 2.05) is 77.5 Å². The predicted octanol–water partition coefficient (Wildman–Crippen LogP) is 7.18. The number of hydrogen-bond donors (Lipinski definition) is 1. The summed E-state index contributed by atoms with van der Waals surface area (Å²) in [6, 6.07) is 39.6. The maximum Gasteiger partial charge on any atom is 0.407 e. The van der Waals surface area contributed by atoms with Crippen molar-refractivity contribution in [3.8, 4) is 11.4 Å². The first-order valence-corrected chi connectivity index (χ1v) is 16.0. The highest BCUT2D eigenvalue weighted by Gasteiger charge is 2.52. The second-order valence-corrected chi connectivity index (χ2v) is 12.6. The second-order valence-electron chi connectivity index (χ2n) is 12.6. The van der Waals surface area contributed by atoms with Crippen LogP contribution in [0.5, 0.6) is 0 Å². The molecule has 9 heteroatoms. The zero-order valence-corrected chi connectivity index (χ0v) is 26.0. The molecule has 2 fully saturated rings. The molecule has 8 rings (SSSR count). The monoisotopic (exact) mass is 637 g/mol. The third kappa shape index (κ3) is 4.57. The molecule has 6 aromatic rings. The van der Waals surface area contributed by atoms with Gasteiger partial charge in [-0.1, -0.05) is 91.0 Å². The van der Waals surface area contributed by atoms with E-state index in [9.17, 15) is 19.1 Å². The Kier molecular flexibility index (Phi) is 7.05. The molecule has 8 nitrogen and oxygen atoms in total. The molecule has 0 aliphatic carbocycles. The lowest BCUT2D eigenvalue weighted by molar-refractivity contribution is -0.124. The Morgan fingerprint density at radius 3 is 1.94 bits per heavy atom. The third-order valence-electron chi connectivity index (χ3n) is 9.97. The van der Waals surface area contributed by atoms with Crippen molar-refractivity contribution < 1.29 is 19.1 Å². The molecule has 1 spiro atoms. The van der Waals surface area contributed by atoms with Crippen LogP contribution in [0.4, 0.5) is 14.9 Å². The van der Waals surface area contributed by atoms with Gasteiger partial charge >= 0.3 is 6.09 Å². The zero-order chi connectivity index (χ0) is 32.9. The fourth-order valence-corrected chi connectivity index (χ4v) is 7.62. The van der Waals surface area contributed by atoms with Crippen LogP contribution in [0.3, 0.4) is 0 Å². The molecule has 48 heavy (non-hydrogen) atoms. The Hall–Kier alpha value is -5.83. The van der Waals surface area contributed by atoms with Crippen molar-refractivity contribution >= 4 is 28.6 Å². The highest BCUT2D eigenvalue weighted by atomic mass is 19.1. The lowest BCUT2D eigenvalue weighted by atomic mass is 9.77. The van der Waals surface area contributed by atoms with Crippen LogP contribution in [0.1, 0.15) is 29.5 Å². The summed E-state index contributed by atoms with van der Waals surface area (Å²) in [6.45, 7) is 1.04. The number of carboxylic acid groups (broad SMARTS) is 1. The number of carbonyl (C=O) groups is 2. The quantitative estimate of drug-likeness (QED) is 0.195. The Bertz CT molecular complexity index is 2040. The predicted molar refractivity (Wildman–Crippen MR) is 181 cm³/mol. The molecule has 2 aromatic heterocycles. The van der Waals surface area contributed by atoms with E-state index < -0.39 is 22.9 Å². The van der Waals surface area contributed by atoms with Crippen LogP contribution in [-0.4, -0.2) is 56.4 Å². The molecule has 1 N–H and O–H groups in total. The molecule has 1 unspecified atom stereocenters. The minimum Gasteiger partial charge on any atom is -0.465 e. The van der Waals surface area contributed by atoms with Crippen molar-refractivity contribution in [1.29, 1.82) is 0 Å². The summed E-state index contributed by atoms with van der Waals surface area (Å²) in [5.74, 6) is -0.512. The fraction of sp³-hybridized carbons (Fsp3) is 0.179. The van der Waals surface area contributed by atoms with Gasteiger partial charge in [-0.2, -0.15) is 5.10 Å². The standard InChI is InChI=1S/C39H32FN5O3/c40-30-16-18-33(41-25-30)35-32-24-31(44-23-21-38(36(44)46)20-22-43(26-38)37(47)48)17-19-34(32)45(42-35)39(27-10-4-1-5-11-27,28-12-6-2-7-13-28)29-14-8-3-9-15-29/h1-19,24-25H,20-23,26H2,(H,47,48). The van der Waals surface area contributed by atoms with E-state index in [4.69, 9.17) is 5.10 Å². The molecule has 0 radical (unpaired) electrons. The average molecular weight is 638 g/mol. The lowest BCUT2D eigenvalue weighted by Gasteiger charge is -2.37. The summed E-state index contributed by atoms with van der Waals surface area (Å²) < 4.78 is 16.2. The summed E-state index contributed by atoms with van der Waals surface area (Å²) >= 11 is 0. The summed E-state index contributed by atoms with van der Waals surface area (Å²) in [4.78, 5) is 33.2. The summed E-state index contributed by atoms with van der Waals surface area (Å²) in [5, 5.41) is 15.7. The van der Waals surface area contributed by atoms with Gasteiger partial charge in [0.15, 0.2) is 0 Å². The average Bonchev–Trinajstić information content (AvgIpc) is 3.83. The zero-order valence-electron chi connectivity index (χ0n) is 26.0. The van der Waals surface area contributed by atoms with Gasteiger partial charge in [0.05, 0.1) is 22.8 Å². The number of rotatable bonds is 6. The maximum absolute atomic E-state index is 14.1. The molecule has 0 saturated carbocycles. The minimum absolute atomic E-state index is 0.0633. The van der Waals surface area contributed by atoms with Crippen molar-refractivity contribution in [2.45, 2.75) is 18.4 Å². The molecule has 2 aliphatic heterocycles. The van der Waals surface area contributed by atoms with E-state index in [1.165, 1.54) is 17.2 Å². The molecule has 2 saturated heterocycles. The number of likely N-dealkylation sites (tertiary alicyclic amines) is 1. The van der Waals surface area contributed by atoms with Crippen molar-refractivity contribution in [2.75, 3.05) is 24.5 Å². The second kappa shape index (κ2) is 11.5. The van der Waals surface area contributed by atoms with Crippen LogP contribution in [-0.2, 0) is 10.3 Å². The van der Waals surface area contributed by atoms with Crippen LogP contribution in [0.2, 0.25) is 0 Å². The maximum atomic E-state index is 14.1. The van der Waals surface area contributed by atoms with E-state index >= 15 is 0 Å². The highest BCUT2D eigenvalue weighted by Crippen LogP contribution is 2.46. The van der Waals surface area contributed by atoms with E-state index in [0.717, 1.165) is 27.6 Å². The Morgan fingerprint density at radius 2 is 1.40 bits per heavy atom.